The Hall–Kier alpha value is -3.58. The van der Waals surface area contributed by atoms with Gasteiger partial charge in [0.15, 0.2) is 0 Å². The Bertz CT molecular complexity index is 1130. The third-order valence-electron chi connectivity index (χ3n) is 7.05. The van der Waals surface area contributed by atoms with Gasteiger partial charge in [-0.3, -0.25) is 14.5 Å². The second-order valence-electron chi connectivity index (χ2n) is 11.2. The number of carbonyl (C=O) groups is 4. The molecule has 0 N–H and O–H groups in total. The van der Waals surface area contributed by atoms with Crippen molar-refractivity contribution in [3.8, 4) is 11.8 Å². The van der Waals surface area contributed by atoms with Gasteiger partial charge in [-0.2, -0.15) is 0 Å². The van der Waals surface area contributed by atoms with E-state index in [4.69, 9.17) is 4.74 Å². The SMILES string of the molecule is CC(C)(C)OC(=O)N1CCN(C(=O)N2CCN(CCC#Cc3cccc(N4CCC(=O)CC4=O)c3)CC2)CC1. The molecular weight excluding hydrogens is 498 g/mol. The summed E-state index contributed by atoms with van der Waals surface area (Å²) in [6.07, 6.45) is 0.751. The number of amides is 4. The molecule has 1 aromatic carbocycles. The number of piperidine rings is 1. The largest absolute Gasteiger partial charge is 0.444 e. The summed E-state index contributed by atoms with van der Waals surface area (Å²) in [5, 5.41) is 0. The Morgan fingerprint density at radius 3 is 2.18 bits per heavy atom. The maximum absolute atomic E-state index is 13.0. The molecule has 3 fully saturated rings. The van der Waals surface area contributed by atoms with Crippen molar-refractivity contribution in [2.24, 2.45) is 0 Å². The average Bonchev–Trinajstić information content (AvgIpc) is 2.90. The molecule has 1 aromatic rings. The fourth-order valence-electron chi connectivity index (χ4n) is 4.89. The van der Waals surface area contributed by atoms with Crippen molar-refractivity contribution in [3.05, 3.63) is 29.8 Å². The highest BCUT2D eigenvalue weighted by molar-refractivity contribution is 6.08. The van der Waals surface area contributed by atoms with Crippen LogP contribution in [0, 0.1) is 11.8 Å². The number of urea groups is 1. The lowest BCUT2D eigenvalue weighted by Crippen LogP contribution is -2.57. The zero-order valence-corrected chi connectivity index (χ0v) is 23.3. The zero-order valence-electron chi connectivity index (χ0n) is 23.3. The number of hydrogen-bond acceptors (Lipinski definition) is 6. The van der Waals surface area contributed by atoms with Crippen molar-refractivity contribution in [1.29, 1.82) is 0 Å². The Balaban J connectivity index is 1.17. The van der Waals surface area contributed by atoms with E-state index in [1.807, 2.05) is 54.8 Å². The van der Waals surface area contributed by atoms with Crippen LogP contribution in [0.4, 0.5) is 15.3 Å². The monoisotopic (exact) mass is 537 g/mol. The van der Waals surface area contributed by atoms with Gasteiger partial charge in [0.1, 0.15) is 11.4 Å². The zero-order chi connectivity index (χ0) is 28.0. The molecule has 0 bridgehead atoms. The molecule has 4 amide bonds. The lowest BCUT2D eigenvalue weighted by atomic mass is 10.1. The number of piperazine rings is 2. The third-order valence-corrected chi connectivity index (χ3v) is 7.05. The van der Waals surface area contributed by atoms with Gasteiger partial charge < -0.3 is 24.3 Å². The normalized spacial score (nSPS) is 19.1. The number of benzene rings is 1. The summed E-state index contributed by atoms with van der Waals surface area (Å²) >= 11 is 0. The summed E-state index contributed by atoms with van der Waals surface area (Å²) in [4.78, 5) is 58.3. The Kier molecular flexibility index (Phi) is 9.12. The van der Waals surface area contributed by atoms with Crippen LogP contribution in [-0.4, -0.2) is 114 Å². The molecule has 0 radical (unpaired) electrons. The van der Waals surface area contributed by atoms with Gasteiger partial charge in [0.2, 0.25) is 5.91 Å². The number of ketones is 1. The molecular formula is C29H39N5O5. The topological polar surface area (TPSA) is 93.7 Å². The van der Waals surface area contributed by atoms with Crippen LogP contribution in [0.25, 0.3) is 0 Å². The molecule has 3 aliphatic rings. The van der Waals surface area contributed by atoms with Gasteiger partial charge in [-0.15, -0.1) is 0 Å². The van der Waals surface area contributed by atoms with Crippen LogP contribution in [0.1, 0.15) is 45.6 Å². The smallest absolute Gasteiger partial charge is 0.410 e. The number of rotatable bonds is 3. The van der Waals surface area contributed by atoms with Crippen LogP contribution < -0.4 is 4.90 Å². The predicted octanol–water partition coefficient (Wildman–Crippen LogP) is 2.41. The van der Waals surface area contributed by atoms with Gasteiger partial charge in [0, 0.05) is 89.5 Å². The van der Waals surface area contributed by atoms with Crippen LogP contribution in [0.5, 0.6) is 0 Å². The molecule has 0 saturated carbocycles. The molecule has 4 rings (SSSR count). The second kappa shape index (κ2) is 12.5. The van der Waals surface area contributed by atoms with E-state index >= 15 is 0 Å². The maximum atomic E-state index is 13.0. The summed E-state index contributed by atoms with van der Waals surface area (Å²) in [6, 6.07) is 7.62. The number of hydrogen-bond donors (Lipinski definition) is 0. The average molecular weight is 538 g/mol. The summed E-state index contributed by atoms with van der Waals surface area (Å²) in [5.74, 6) is 6.26. The molecule has 0 aromatic heterocycles. The Morgan fingerprint density at radius 1 is 0.897 bits per heavy atom. The molecule has 0 atom stereocenters. The minimum Gasteiger partial charge on any atom is -0.444 e. The highest BCUT2D eigenvalue weighted by Gasteiger charge is 2.31. The van der Waals surface area contributed by atoms with E-state index in [2.05, 4.69) is 16.7 Å². The number of ether oxygens (including phenoxy) is 1. The molecule has 10 nitrogen and oxygen atoms in total. The van der Waals surface area contributed by atoms with Crippen molar-refractivity contribution in [2.75, 3.05) is 70.3 Å². The number of anilines is 1. The van der Waals surface area contributed by atoms with E-state index in [0.29, 0.717) is 58.7 Å². The number of carbonyl (C=O) groups excluding carboxylic acids is 4. The van der Waals surface area contributed by atoms with Gasteiger partial charge in [0.05, 0.1) is 6.42 Å². The standard InChI is InChI=1S/C29H39N5O5/c1-29(2,3)39-28(38)33-19-17-32(18-20-33)27(37)31-15-13-30(14-16-31)11-5-4-7-23-8-6-9-24(21-23)34-12-10-25(35)22-26(34)36/h6,8-9,21H,5,10-20,22H2,1-3H3. The van der Waals surface area contributed by atoms with Crippen LogP contribution in [0.3, 0.4) is 0 Å². The van der Waals surface area contributed by atoms with E-state index in [1.165, 1.54) is 0 Å². The van der Waals surface area contributed by atoms with Gasteiger partial charge in [-0.05, 0) is 39.0 Å². The first kappa shape index (κ1) is 28.4. The van der Waals surface area contributed by atoms with Crippen molar-refractivity contribution < 1.29 is 23.9 Å². The van der Waals surface area contributed by atoms with Crippen LogP contribution in [-0.2, 0) is 14.3 Å². The van der Waals surface area contributed by atoms with E-state index in [1.54, 1.807) is 9.80 Å². The fraction of sp³-hybridized carbons (Fsp3) is 0.586. The van der Waals surface area contributed by atoms with E-state index in [0.717, 1.165) is 30.9 Å². The molecule has 3 aliphatic heterocycles. The van der Waals surface area contributed by atoms with Crippen LogP contribution in [0.2, 0.25) is 0 Å². The van der Waals surface area contributed by atoms with E-state index < -0.39 is 5.60 Å². The second-order valence-corrected chi connectivity index (χ2v) is 11.2. The first-order valence-corrected chi connectivity index (χ1v) is 13.7. The lowest BCUT2D eigenvalue weighted by Gasteiger charge is -2.40. The highest BCUT2D eigenvalue weighted by Crippen LogP contribution is 2.20. The van der Waals surface area contributed by atoms with E-state index in [-0.39, 0.29) is 30.2 Å². The summed E-state index contributed by atoms with van der Waals surface area (Å²) in [5.41, 5.74) is 1.10. The fourth-order valence-corrected chi connectivity index (χ4v) is 4.89. The molecule has 210 valence electrons. The third kappa shape index (κ3) is 7.96. The molecule has 0 aliphatic carbocycles. The molecule has 3 saturated heterocycles. The highest BCUT2D eigenvalue weighted by atomic mass is 16.6. The summed E-state index contributed by atoms with van der Waals surface area (Å²) < 4.78 is 5.44. The van der Waals surface area contributed by atoms with E-state index in [9.17, 15) is 19.2 Å². The number of nitrogens with zero attached hydrogens (tertiary/aromatic N) is 5. The lowest BCUT2D eigenvalue weighted by molar-refractivity contribution is -0.128. The van der Waals surface area contributed by atoms with Crippen LogP contribution in [0.15, 0.2) is 24.3 Å². The predicted molar refractivity (Wildman–Crippen MR) is 147 cm³/mol. The minimum absolute atomic E-state index is 0.00414. The first-order chi connectivity index (χ1) is 18.6. The molecule has 0 spiro atoms. The van der Waals surface area contributed by atoms with Crippen LogP contribution >= 0.6 is 0 Å². The van der Waals surface area contributed by atoms with Crippen molar-refractivity contribution in [2.45, 2.75) is 45.6 Å². The van der Waals surface area contributed by atoms with Gasteiger partial charge in [-0.1, -0.05) is 17.9 Å². The summed E-state index contributed by atoms with van der Waals surface area (Å²) in [6.45, 7) is 11.7. The molecule has 39 heavy (non-hydrogen) atoms. The van der Waals surface area contributed by atoms with Gasteiger partial charge >= 0.3 is 12.1 Å². The first-order valence-electron chi connectivity index (χ1n) is 13.7. The minimum atomic E-state index is -0.529. The summed E-state index contributed by atoms with van der Waals surface area (Å²) in [7, 11) is 0. The quantitative estimate of drug-likeness (QED) is 0.434. The molecule has 3 heterocycles. The van der Waals surface area contributed by atoms with Crippen molar-refractivity contribution in [1.82, 2.24) is 19.6 Å². The molecule has 10 heteroatoms. The van der Waals surface area contributed by atoms with Gasteiger partial charge in [-0.25, -0.2) is 9.59 Å². The Morgan fingerprint density at radius 2 is 1.54 bits per heavy atom. The van der Waals surface area contributed by atoms with Gasteiger partial charge in [0.25, 0.3) is 0 Å². The number of Topliss-reactive ketones (excluding diaryl/α,β-unsaturated/α-hetero) is 1. The van der Waals surface area contributed by atoms with Crippen molar-refractivity contribution in [3.63, 3.8) is 0 Å². The van der Waals surface area contributed by atoms with Crippen molar-refractivity contribution >= 4 is 29.5 Å². The maximum Gasteiger partial charge on any atom is 0.410 e. The Labute approximate surface area is 230 Å². The molecule has 0 unspecified atom stereocenters.